The van der Waals surface area contributed by atoms with E-state index in [1.807, 2.05) is 18.2 Å². The van der Waals surface area contributed by atoms with E-state index in [9.17, 15) is 41.2 Å². The minimum Gasteiger partial charge on any atom is -0.444 e. The van der Waals surface area contributed by atoms with Crippen LogP contribution in [0.4, 0.5) is 18.4 Å². The molecule has 1 aromatic carbocycles. The fourth-order valence-electron chi connectivity index (χ4n) is 7.41. The number of aryl methyl sites for hydroxylation is 1. The van der Waals surface area contributed by atoms with Crippen molar-refractivity contribution in [3.8, 4) is 0 Å². The quantitative estimate of drug-likeness (QED) is 0.337. The lowest BCUT2D eigenvalue weighted by Crippen LogP contribution is -2.58. The van der Waals surface area contributed by atoms with Gasteiger partial charge < -0.3 is 25.0 Å². The molecule has 5 atom stereocenters. The number of hydrogen-bond acceptors (Lipinski definition) is 9. The van der Waals surface area contributed by atoms with Gasteiger partial charge in [-0.3, -0.25) is 24.0 Å². The molecule has 0 aromatic heterocycles. The highest BCUT2D eigenvalue weighted by atomic mass is 32.2. The minimum absolute atomic E-state index is 0.0298. The molecule has 3 fully saturated rings. The number of nitrogens with zero attached hydrogens (tertiary/aromatic N) is 2. The number of rotatable bonds is 8. The van der Waals surface area contributed by atoms with E-state index in [2.05, 4.69) is 21.9 Å². The summed E-state index contributed by atoms with van der Waals surface area (Å²) in [5, 5.41) is 4.15. The summed E-state index contributed by atoms with van der Waals surface area (Å²) < 4.78 is 66.4. The van der Waals surface area contributed by atoms with Crippen LogP contribution in [0.25, 0.3) is 0 Å². The minimum atomic E-state index is -3.98. The Morgan fingerprint density at radius 2 is 1.87 bits per heavy atom. The number of halogens is 2. The van der Waals surface area contributed by atoms with Gasteiger partial charge in [-0.15, -0.1) is 6.58 Å². The number of alkyl carbamates (subject to hydrolysis) is 1. The third-order valence-corrected chi connectivity index (χ3v) is 12.4. The molecule has 0 radical (unpaired) electrons. The summed E-state index contributed by atoms with van der Waals surface area (Å²) in [6.45, 7) is 7.25. The molecule has 6 rings (SSSR count). The maximum absolute atomic E-state index is 14.0. The zero-order valence-corrected chi connectivity index (χ0v) is 30.0. The molecule has 3 N–H and O–H groups in total. The van der Waals surface area contributed by atoms with E-state index in [0.29, 0.717) is 32.1 Å². The van der Waals surface area contributed by atoms with E-state index in [4.69, 9.17) is 9.47 Å². The topological polar surface area (TPSA) is 181 Å². The van der Waals surface area contributed by atoms with Gasteiger partial charge in [0.05, 0.1) is 11.8 Å². The summed E-state index contributed by atoms with van der Waals surface area (Å²) in [6, 6.07) is 2.61. The first kappa shape index (κ1) is 37.5. The zero-order valence-electron chi connectivity index (χ0n) is 29.2. The van der Waals surface area contributed by atoms with Crippen LogP contribution < -0.4 is 15.4 Å². The van der Waals surface area contributed by atoms with Gasteiger partial charge in [-0.1, -0.05) is 24.3 Å². The maximum Gasteiger partial charge on any atom is 0.410 e. The smallest absolute Gasteiger partial charge is 0.410 e. The number of benzene rings is 1. The number of fused-ring (bicyclic) bond motifs is 3. The second-order valence-electron chi connectivity index (χ2n) is 15.0. The van der Waals surface area contributed by atoms with Gasteiger partial charge in [0.25, 0.3) is 5.91 Å². The molecule has 14 nitrogen and oxygen atoms in total. The molecule has 3 aliphatic heterocycles. The van der Waals surface area contributed by atoms with E-state index in [1.54, 1.807) is 13.8 Å². The summed E-state index contributed by atoms with van der Waals surface area (Å²) >= 11 is 0. The van der Waals surface area contributed by atoms with Crippen molar-refractivity contribution in [2.75, 3.05) is 6.54 Å². The number of alkyl halides is 2. The van der Waals surface area contributed by atoms with Crippen molar-refractivity contribution in [2.24, 2.45) is 5.92 Å². The predicted octanol–water partition coefficient (Wildman–Crippen LogP) is 3.03. The molecule has 1 saturated heterocycles. The van der Waals surface area contributed by atoms with Crippen molar-refractivity contribution in [3.63, 3.8) is 0 Å². The molecule has 4 bridgehead atoms. The van der Waals surface area contributed by atoms with Crippen LogP contribution in [0, 0.1) is 5.92 Å². The van der Waals surface area contributed by atoms with Crippen molar-refractivity contribution in [1.82, 2.24) is 25.2 Å². The van der Waals surface area contributed by atoms with E-state index in [1.165, 1.54) is 11.0 Å². The number of sulfonamides is 1. The van der Waals surface area contributed by atoms with Crippen LogP contribution >= 0.6 is 0 Å². The Labute approximate surface area is 301 Å². The summed E-state index contributed by atoms with van der Waals surface area (Å²) in [5.41, 5.74) is 0.358. The predicted molar refractivity (Wildman–Crippen MR) is 181 cm³/mol. The van der Waals surface area contributed by atoms with Crippen molar-refractivity contribution in [2.45, 2.75) is 126 Å². The SMILES string of the molecule is C=C[C@@H]1C[C@]1(NC(=O)[C@@H]1C[C@@H]2CN1C(=O)[C@H](CC(F)F)NC(=O)OC(C)(C)CCCCc1cccc3c1CN(C3)C(=O)O2)C(=O)NS(=O)(=O)C1CC1. The molecule has 0 unspecified atom stereocenters. The molecular weight excluding hydrogens is 704 g/mol. The molecule has 17 heteroatoms. The molecule has 52 heavy (non-hydrogen) atoms. The number of cyclic esters (lactones) is 1. The van der Waals surface area contributed by atoms with Gasteiger partial charge in [0.1, 0.15) is 29.3 Å². The molecular formula is C35H45F2N5O9S. The van der Waals surface area contributed by atoms with E-state index >= 15 is 0 Å². The lowest BCUT2D eigenvalue weighted by Gasteiger charge is -2.31. The van der Waals surface area contributed by atoms with Gasteiger partial charge in [-0.2, -0.15) is 0 Å². The van der Waals surface area contributed by atoms with Crippen molar-refractivity contribution >= 4 is 39.9 Å². The number of carbonyl (C=O) groups excluding carboxylic acids is 5. The number of ether oxygens (including phenoxy) is 2. The van der Waals surface area contributed by atoms with Gasteiger partial charge >= 0.3 is 12.2 Å². The van der Waals surface area contributed by atoms with Gasteiger partial charge in [-0.05, 0) is 75.5 Å². The number of nitrogens with one attached hydrogen (secondary N) is 3. The Bertz CT molecular complexity index is 1750. The van der Waals surface area contributed by atoms with Gasteiger partial charge in [0.15, 0.2) is 0 Å². The average molecular weight is 750 g/mol. The van der Waals surface area contributed by atoms with Crippen molar-refractivity contribution in [1.29, 1.82) is 0 Å². The second-order valence-corrected chi connectivity index (χ2v) is 17.0. The van der Waals surface area contributed by atoms with Crippen LogP contribution in [0.3, 0.4) is 0 Å². The van der Waals surface area contributed by atoms with E-state index in [0.717, 1.165) is 28.0 Å². The van der Waals surface area contributed by atoms with Gasteiger partial charge in [0, 0.05) is 31.8 Å². The monoisotopic (exact) mass is 749 g/mol. The summed E-state index contributed by atoms with van der Waals surface area (Å²) in [6.07, 6.45) is -2.43. The fraction of sp³-hybridized carbons (Fsp3) is 0.629. The third kappa shape index (κ3) is 8.03. The van der Waals surface area contributed by atoms with Crippen molar-refractivity contribution in [3.05, 3.63) is 47.5 Å². The first-order valence-electron chi connectivity index (χ1n) is 17.7. The summed E-state index contributed by atoms with van der Waals surface area (Å²) in [7, 11) is -3.98. The Morgan fingerprint density at radius 1 is 1.13 bits per heavy atom. The van der Waals surface area contributed by atoms with Crippen LogP contribution in [0.2, 0.25) is 0 Å². The molecule has 5 aliphatic rings. The van der Waals surface area contributed by atoms with Crippen LogP contribution in [-0.4, -0.2) is 95.7 Å². The molecule has 0 spiro atoms. The Kier molecular flexibility index (Phi) is 10.3. The van der Waals surface area contributed by atoms with Gasteiger partial charge in [-0.25, -0.2) is 26.8 Å². The van der Waals surface area contributed by atoms with Crippen LogP contribution in [-0.2, 0) is 53.4 Å². The highest BCUT2D eigenvalue weighted by Gasteiger charge is 2.62. The summed E-state index contributed by atoms with van der Waals surface area (Å²) in [4.78, 5) is 70.4. The number of carbonyl (C=O) groups is 5. The Morgan fingerprint density at radius 3 is 2.54 bits per heavy atom. The van der Waals surface area contributed by atoms with Crippen LogP contribution in [0.5, 0.6) is 0 Å². The fourth-order valence-corrected chi connectivity index (χ4v) is 8.77. The second kappa shape index (κ2) is 14.3. The number of hydrogen-bond donors (Lipinski definition) is 3. The number of amides is 5. The van der Waals surface area contributed by atoms with E-state index in [-0.39, 0.29) is 32.5 Å². The Balaban J connectivity index is 1.28. The highest BCUT2D eigenvalue weighted by molar-refractivity contribution is 7.91. The van der Waals surface area contributed by atoms with Crippen LogP contribution in [0.15, 0.2) is 30.9 Å². The lowest BCUT2D eigenvalue weighted by molar-refractivity contribution is -0.141. The first-order valence-corrected chi connectivity index (χ1v) is 19.2. The molecule has 5 amide bonds. The molecule has 1 aromatic rings. The van der Waals surface area contributed by atoms with Crippen LogP contribution in [0.1, 0.15) is 81.9 Å². The highest BCUT2D eigenvalue weighted by Crippen LogP contribution is 2.45. The maximum atomic E-state index is 14.0. The average Bonchev–Trinajstić information content (AvgIpc) is 3.95. The van der Waals surface area contributed by atoms with Crippen molar-refractivity contribution < 1.29 is 50.6 Å². The molecule has 284 valence electrons. The molecule has 3 heterocycles. The Hall–Kier alpha value is -4.28. The first-order chi connectivity index (χ1) is 24.5. The van der Waals surface area contributed by atoms with E-state index < -0.39 is 93.3 Å². The summed E-state index contributed by atoms with van der Waals surface area (Å²) in [5.74, 6) is -3.53. The largest absolute Gasteiger partial charge is 0.444 e. The third-order valence-electron chi connectivity index (χ3n) is 10.6. The normalized spacial score (nSPS) is 29.2. The lowest BCUT2D eigenvalue weighted by atomic mass is 9.95. The van der Waals surface area contributed by atoms with Gasteiger partial charge in [0.2, 0.25) is 28.3 Å². The molecule has 2 saturated carbocycles. The molecule has 2 aliphatic carbocycles. The standard InChI is InChI=1S/C35H45F2N5O9S/c1-4-22-16-35(22,31(45)40-52(48,49)24-11-12-24)39-29(43)27-14-23-18-42(27)30(44)26(15-28(36)37)38-32(46)51-34(2,3)13-6-5-8-20-9-7-10-21-17-41(19-25(20)21)33(47)50-23/h4,7,9-10,22-24,26-28H,1,5-6,8,11-19H2,2-3H3,(H,38,46)(H,39,43)(H,40,45)/t22-,23-,26+,27+,35-/m1/s1. The zero-order chi connectivity index (χ0) is 37.6.